The largest absolute Gasteiger partial charge is 0.378 e. The zero-order chi connectivity index (χ0) is 18.1. The van der Waals surface area contributed by atoms with Crippen molar-refractivity contribution in [1.82, 2.24) is 15.1 Å². The zero-order valence-corrected chi connectivity index (χ0v) is 15.8. The van der Waals surface area contributed by atoms with Gasteiger partial charge in [0.25, 0.3) is 0 Å². The van der Waals surface area contributed by atoms with Gasteiger partial charge in [0.05, 0.1) is 13.2 Å². The first-order chi connectivity index (χ1) is 13.4. The summed E-state index contributed by atoms with van der Waals surface area (Å²) in [6, 6.07) is 4.03. The standard InChI is InChI=1S/C21H28N4O2/c1-3-15(4-1)18(16-5-2-6-16)14-20-23-21(24-27-20)17-7-8-22-19(13-17)25-9-11-26-12-10-25/h7-8,13,15-16,18H,1-6,9-12,14H2. The van der Waals surface area contributed by atoms with Crippen molar-refractivity contribution >= 4 is 5.82 Å². The lowest BCUT2D eigenvalue weighted by atomic mass is 9.63. The number of ether oxygens (including phenoxy) is 1. The summed E-state index contributed by atoms with van der Waals surface area (Å²) in [5.74, 6) is 4.94. The second-order valence-corrected chi connectivity index (χ2v) is 8.26. The van der Waals surface area contributed by atoms with Crippen LogP contribution in [0.5, 0.6) is 0 Å². The van der Waals surface area contributed by atoms with Crippen LogP contribution in [0, 0.1) is 17.8 Å². The SMILES string of the molecule is c1cc(-c2noc(CC(C3CCC3)C3CCC3)n2)cc(N2CCOCC2)n1. The number of hydrogen-bond donors (Lipinski definition) is 0. The van der Waals surface area contributed by atoms with Gasteiger partial charge in [0.1, 0.15) is 5.82 Å². The smallest absolute Gasteiger partial charge is 0.227 e. The summed E-state index contributed by atoms with van der Waals surface area (Å²) in [5.41, 5.74) is 0.977. The van der Waals surface area contributed by atoms with Crippen LogP contribution in [0.2, 0.25) is 0 Å². The molecule has 0 amide bonds. The van der Waals surface area contributed by atoms with E-state index in [-0.39, 0.29) is 0 Å². The van der Waals surface area contributed by atoms with Gasteiger partial charge in [-0.1, -0.05) is 43.7 Å². The summed E-state index contributed by atoms with van der Waals surface area (Å²) in [4.78, 5) is 11.5. The minimum absolute atomic E-state index is 0.683. The molecule has 0 bridgehead atoms. The van der Waals surface area contributed by atoms with E-state index in [1.165, 1.54) is 38.5 Å². The maximum absolute atomic E-state index is 5.66. The summed E-state index contributed by atoms with van der Waals surface area (Å²) in [6.45, 7) is 3.25. The minimum atomic E-state index is 0.683. The molecule has 0 atom stereocenters. The third-order valence-corrected chi connectivity index (χ3v) is 6.73. The molecule has 5 rings (SSSR count). The van der Waals surface area contributed by atoms with Gasteiger partial charge in [-0.3, -0.25) is 0 Å². The lowest BCUT2D eigenvalue weighted by molar-refractivity contribution is 0.0858. The van der Waals surface area contributed by atoms with Crippen molar-refractivity contribution in [2.24, 2.45) is 17.8 Å². The van der Waals surface area contributed by atoms with Crippen molar-refractivity contribution < 1.29 is 9.26 Å². The van der Waals surface area contributed by atoms with Crippen molar-refractivity contribution in [1.29, 1.82) is 0 Å². The summed E-state index contributed by atoms with van der Waals surface area (Å²) in [5, 5.41) is 4.28. The molecule has 1 aliphatic heterocycles. The highest BCUT2D eigenvalue weighted by Crippen LogP contribution is 2.45. The highest BCUT2D eigenvalue weighted by Gasteiger charge is 2.37. The molecular weight excluding hydrogens is 340 g/mol. The number of nitrogens with zero attached hydrogens (tertiary/aromatic N) is 4. The maximum atomic E-state index is 5.66. The van der Waals surface area contributed by atoms with Crippen molar-refractivity contribution in [3.8, 4) is 11.4 Å². The molecule has 0 N–H and O–H groups in total. The first-order valence-corrected chi connectivity index (χ1v) is 10.5. The predicted octanol–water partition coefficient (Wildman–Crippen LogP) is 3.73. The van der Waals surface area contributed by atoms with Crippen LogP contribution in [-0.2, 0) is 11.2 Å². The molecule has 2 aromatic rings. The monoisotopic (exact) mass is 368 g/mol. The van der Waals surface area contributed by atoms with Gasteiger partial charge in [0, 0.05) is 31.3 Å². The van der Waals surface area contributed by atoms with Crippen molar-refractivity contribution in [2.75, 3.05) is 31.2 Å². The molecule has 1 saturated heterocycles. The van der Waals surface area contributed by atoms with E-state index >= 15 is 0 Å². The molecule has 2 aliphatic carbocycles. The average molecular weight is 368 g/mol. The zero-order valence-electron chi connectivity index (χ0n) is 15.8. The third-order valence-electron chi connectivity index (χ3n) is 6.73. The van der Waals surface area contributed by atoms with Crippen molar-refractivity contribution in [3.05, 3.63) is 24.2 Å². The molecule has 2 aromatic heterocycles. The van der Waals surface area contributed by atoms with Crippen LogP contribution in [0.1, 0.15) is 44.4 Å². The Kier molecular flexibility index (Phi) is 4.82. The molecule has 0 unspecified atom stereocenters. The van der Waals surface area contributed by atoms with E-state index in [1.807, 2.05) is 12.3 Å². The Morgan fingerprint density at radius 1 is 1.07 bits per heavy atom. The number of rotatable bonds is 6. The highest BCUT2D eigenvalue weighted by molar-refractivity contribution is 5.59. The Morgan fingerprint density at radius 2 is 1.81 bits per heavy atom. The Bertz CT molecular complexity index is 749. The molecule has 6 nitrogen and oxygen atoms in total. The molecule has 0 radical (unpaired) electrons. The van der Waals surface area contributed by atoms with E-state index in [1.54, 1.807) is 0 Å². The van der Waals surface area contributed by atoms with Crippen LogP contribution in [0.4, 0.5) is 5.82 Å². The quantitative estimate of drug-likeness (QED) is 0.774. The van der Waals surface area contributed by atoms with Gasteiger partial charge in [0.15, 0.2) is 0 Å². The third kappa shape index (κ3) is 3.59. The Balaban J connectivity index is 1.31. The molecule has 3 fully saturated rings. The molecule has 3 heterocycles. The average Bonchev–Trinajstić information content (AvgIpc) is 3.08. The summed E-state index contributed by atoms with van der Waals surface area (Å²) < 4.78 is 11.1. The number of hydrogen-bond acceptors (Lipinski definition) is 6. The van der Waals surface area contributed by atoms with Crippen LogP contribution in [0.15, 0.2) is 22.9 Å². The van der Waals surface area contributed by atoms with Gasteiger partial charge in [-0.2, -0.15) is 4.98 Å². The minimum Gasteiger partial charge on any atom is -0.378 e. The summed E-state index contributed by atoms with van der Waals surface area (Å²) in [6.07, 6.45) is 11.1. The van der Waals surface area contributed by atoms with Crippen LogP contribution in [0.25, 0.3) is 11.4 Å². The lowest BCUT2D eigenvalue weighted by Gasteiger charge is -2.42. The van der Waals surface area contributed by atoms with Crippen LogP contribution in [0.3, 0.4) is 0 Å². The normalized spacial score (nSPS) is 21.3. The van der Waals surface area contributed by atoms with Crippen LogP contribution in [-0.4, -0.2) is 41.4 Å². The molecule has 0 aromatic carbocycles. The molecule has 144 valence electrons. The van der Waals surface area contributed by atoms with Gasteiger partial charge in [-0.05, 0) is 29.9 Å². The fourth-order valence-corrected chi connectivity index (χ4v) is 4.63. The fourth-order valence-electron chi connectivity index (χ4n) is 4.63. The van der Waals surface area contributed by atoms with Gasteiger partial charge >= 0.3 is 0 Å². The second kappa shape index (κ2) is 7.58. The van der Waals surface area contributed by atoms with Crippen molar-refractivity contribution in [3.63, 3.8) is 0 Å². The van der Waals surface area contributed by atoms with Gasteiger partial charge < -0.3 is 14.2 Å². The highest BCUT2D eigenvalue weighted by atomic mass is 16.5. The summed E-state index contributed by atoms with van der Waals surface area (Å²) >= 11 is 0. The number of aromatic nitrogens is 3. The molecular formula is C21H28N4O2. The van der Waals surface area contributed by atoms with Crippen molar-refractivity contribution in [2.45, 2.75) is 44.9 Å². The van der Waals surface area contributed by atoms with E-state index in [2.05, 4.69) is 21.1 Å². The van der Waals surface area contributed by atoms with E-state index in [9.17, 15) is 0 Å². The molecule has 27 heavy (non-hydrogen) atoms. The van der Waals surface area contributed by atoms with Gasteiger partial charge in [-0.15, -0.1) is 0 Å². The van der Waals surface area contributed by atoms with Crippen LogP contribution >= 0.6 is 0 Å². The maximum Gasteiger partial charge on any atom is 0.227 e. The van der Waals surface area contributed by atoms with Gasteiger partial charge in [0.2, 0.25) is 11.7 Å². The van der Waals surface area contributed by atoms with E-state index < -0.39 is 0 Å². The topological polar surface area (TPSA) is 64.3 Å². The fraction of sp³-hybridized carbons (Fsp3) is 0.667. The van der Waals surface area contributed by atoms with Gasteiger partial charge in [-0.25, -0.2) is 4.98 Å². The van der Waals surface area contributed by atoms with E-state index in [0.717, 1.165) is 67.7 Å². The number of pyridine rings is 1. The number of anilines is 1. The Morgan fingerprint density at radius 3 is 2.48 bits per heavy atom. The predicted molar refractivity (Wildman–Crippen MR) is 102 cm³/mol. The number of morpholine rings is 1. The Labute approximate surface area is 160 Å². The first-order valence-electron chi connectivity index (χ1n) is 10.5. The van der Waals surface area contributed by atoms with E-state index in [4.69, 9.17) is 14.2 Å². The molecule has 6 heteroatoms. The molecule has 3 aliphatic rings. The molecule has 2 saturated carbocycles. The summed E-state index contributed by atoms with van der Waals surface area (Å²) in [7, 11) is 0. The first kappa shape index (κ1) is 17.2. The van der Waals surface area contributed by atoms with Crippen LogP contribution < -0.4 is 4.90 Å². The second-order valence-electron chi connectivity index (χ2n) is 8.26. The van der Waals surface area contributed by atoms with E-state index in [0.29, 0.717) is 5.82 Å². The molecule has 0 spiro atoms. The lowest BCUT2D eigenvalue weighted by Crippen LogP contribution is -2.36. The Hall–Kier alpha value is -1.95.